The van der Waals surface area contributed by atoms with Gasteiger partial charge in [-0.2, -0.15) is 0 Å². The third-order valence-electron chi connectivity index (χ3n) is 5.50. The van der Waals surface area contributed by atoms with E-state index in [4.69, 9.17) is 5.73 Å². The molecule has 3 rings (SSSR count). The van der Waals surface area contributed by atoms with Gasteiger partial charge in [-0.15, -0.1) is 0 Å². The van der Waals surface area contributed by atoms with Crippen LogP contribution in [0.25, 0.3) is 0 Å². The first kappa shape index (κ1) is 17.4. The molecule has 1 aromatic rings. The number of likely N-dealkylation sites (tertiary alicyclic amines) is 1. The number of benzene rings is 1. The highest BCUT2D eigenvalue weighted by Gasteiger charge is 2.33. The molecule has 5 heteroatoms. The predicted octanol–water partition coefficient (Wildman–Crippen LogP) is 0.967. The Kier molecular flexibility index (Phi) is 5.87. The molecule has 2 heterocycles. The summed E-state index contributed by atoms with van der Waals surface area (Å²) in [6, 6.07) is 10.4. The van der Waals surface area contributed by atoms with E-state index in [2.05, 4.69) is 28.9 Å². The van der Waals surface area contributed by atoms with Crippen LogP contribution < -0.4 is 5.73 Å². The largest absolute Gasteiger partial charge is 0.340 e. The highest BCUT2D eigenvalue weighted by Crippen LogP contribution is 2.26. The van der Waals surface area contributed by atoms with Crippen LogP contribution in [0.3, 0.4) is 0 Å². The Hall–Kier alpha value is -1.43. The van der Waals surface area contributed by atoms with Gasteiger partial charge in [0.05, 0.1) is 0 Å². The quantitative estimate of drug-likeness (QED) is 0.874. The molecule has 2 N–H and O–H groups in total. The van der Waals surface area contributed by atoms with Crippen molar-refractivity contribution in [3.63, 3.8) is 0 Å². The second-order valence-corrected chi connectivity index (χ2v) is 7.01. The molecule has 1 aromatic carbocycles. The molecule has 2 aliphatic rings. The van der Waals surface area contributed by atoms with Gasteiger partial charge in [0, 0.05) is 64.2 Å². The van der Waals surface area contributed by atoms with Crippen molar-refractivity contribution >= 4 is 5.91 Å². The number of carbonyl (C=O) groups excluding carboxylic acids is 1. The number of nitrogens with two attached hydrogens (primary N) is 1. The van der Waals surface area contributed by atoms with E-state index in [1.165, 1.54) is 5.56 Å². The second kappa shape index (κ2) is 8.10. The highest BCUT2D eigenvalue weighted by molar-refractivity contribution is 5.77. The lowest BCUT2D eigenvalue weighted by atomic mass is 9.95. The van der Waals surface area contributed by atoms with Crippen molar-refractivity contribution in [3.8, 4) is 0 Å². The van der Waals surface area contributed by atoms with Gasteiger partial charge in [-0.05, 0) is 12.1 Å². The number of carbonyl (C=O) groups is 1. The number of hydrogen-bond acceptors (Lipinski definition) is 4. The molecule has 0 radical (unpaired) electrons. The van der Waals surface area contributed by atoms with Crippen molar-refractivity contribution in [1.29, 1.82) is 0 Å². The lowest BCUT2D eigenvalue weighted by Gasteiger charge is -2.34. The van der Waals surface area contributed by atoms with Gasteiger partial charge in [0.1, 0.15) is 0 Å². The molecule has 0 aromatic heterocycles. The zero-order chi connectivity index (χ0) is 16.9. The van der Waals surface area contributed by atoms with Crippen molar-refractivity contribution in [2.24, 2.45) is 5.73 Å². The van der Waals surface area contributed by atoms with E-state index in [0.717, 1.165) is 45.8 Å². The Labute approximate surface area is 145 Å². The number of likely N-dealkylation sites (N-methyl/N-ethyl adjacent to an activating group) is 1. The highest BCUT2D eigenvalue weighted by atomic mass is 16.2. The Balaban J connectivity index is 1.46. The van der Waals surface area contributed by atoms with Crippen LogP contribution >= 0.6 is 0 Å². The molecule has 1 amide bonds. The van der Waals surface area contributed by atoms with Crippen molar-refractivity contribution < 1.29 is 4.79 Å². The average molecular weight is 330 g/mol. The van der Waals surface area contributed by atoms with Crippen molar-refractivity contribution in [2.45, 2.75) is 25.3 Å². The molecular formula is C19H30N4O. The zero-order valence-electron chi connectivity index (χ0n) is 14.7. The molecule has 0 aliphatic carbocycles. The molecule has 0 unspecified atom stereocenters. The normalized spacial score (nSPS) is 26.0. The molecule has 2 fully saturated rings. The number of hydrogen-bond donors (Lipinski definition) is 1. The number of nitrogens with zero attached hydrogens (tertiary/aromatic N) is 3. The fourth-order valence-corrected chi connectivity index (χ4v) is 3.83. The summed E-state index contributed by atoms with van der Waals surface area (Å²) in [4.78, 5) is 19.4. The van der Waals surface area contributed by atoms with Crippen LogP contribution in [0.4, 0.5) is 0 Å². The summed E-state index contributed by atoms with van der Waals surface area (Å²) in [5.74, 6) is 0.519. The first-order valence-corrected chi connectivity index (χ1v) is 9.20. The van der Waals surface area contributed by atoms with Crippen LogP contribution in [0.15, 0.2) is 30.3 Å². The van der Waals surface area contributed by atoms with Crippen molar-refractivity contribution in [2.75, 3.05) is 52.4 Å². The van der Waals surface area contributed by atoms with Gasteiger partial charge in [-0.1, -0.05) is 37.3 Å². The van der Waals surface area contributed by atoms with Crippen LogP contribution in [-0.2, 0) is 4.79 Å². The molecule has 2 saturated heterocycles. The Morgan fingerprint density at radius 3 is 2.42 bits per heavy atom. The molecule has 0 bridgehead atoms. The van der Waals surface area contributed by atoms with E-state index in [9.17, 15) is 4.79 Å². The van der Waals surface area contributed by atoms with E-state index >= 15 is 0 Å². The minimum absolute atomic E-state index is 0.0458. The summed E-state index contributed by atoms with van der Waals surface area (Å²) in [6.07, 6.45) is 0.611. The number of amides is 1. The number of piperazine rings is 1. The van der Waals surface area contributed by atoms with E-state index in [-0.39, 0.29) is 17.9 Å². The molecule has 0 spiro atoms. The summed E-state index contributed by atoms with van der Waals surface area (Å²) in [7, 11) is 0. The molecule has 2 atom stereocenters. The fourth-order valence-electron chi connectivity index (χ4n) is 3.83. The molecule has 132 valence electrons. The van der Waals surface area contributed by atoms with Gasteiger partial charge in [0.25, 0.3) is 0 Å². The monoisotopic (exact) mass is 330 g/mol. The minimum atomic E-state index is 0.0458. The lowest BCUT2D eigenvalue weighted by Crippen LogP contribution is -2.47. The van der Waals surface area contributed by atoms with E-state index < -0.39 is 0 Å². The van der Waals surface area contributed by atoms with Crippen molar-refractivity contribution in [1.82, 2.24) is 14.7 Å². The fraction of sp³-hybridized carbons (Fsp3) is 0.632. The van der Waals surface area contributed by atoms with Gasteiger partial charge >= 0.3 is 0 Å². The molecule has 24 heavy (non-hydrogen) atoms. The average Bonchev–Trinajstić information content (AvgIpc) is 3.02. The van der Waals surface area contributed by atoms with Gasteiger partial charge < -0.3 is 20.4 Å². The van der Waals surface area contributed by atoms with Crippen LogP contribution in [0, 0.1) is 0 Å². The SMILES string of the molecule is CCN1CCN(CCC(=O)N2C[C@@H](N)[C@H](c3ccccc3)C2)CC1. The molecule has 0 saturated carbocycles. The molecular weight excluding hydrogens is 300 g/mol. The van der Waals surface area contributed by atoms with Gasteiger partial charge in [-0.25, -0.2) is 0 Å². The van der Waals surface area contributed by atoms with Crippen LogP contribution in [0.2, 0.25) is 0 Å². The standard InChI is InChI=1S/C19H30N4O/c1-2-21-10-12-22(13-11-21)9-8-19(24)23-14-17(18(20)15-23)16-6-4-3-5-7-16/h3-7,17-18H,2,8-15,20H2,1H3/t17-,18+/m0/s1. The van der Waals surface area contributed by atoms with Gasteiger partial charge in [0.15, 0.2) is 0 Å². The third kappa shape index (κ3) is 4.15. The Morgan fingerprint density at radius 1 is 1.08 bits per heavy atom. The van der Waals surface area contributed by atoms with Crippen molar-refractivity contribution in [3.05, 3.63) is 35.9 Å². The maximum Gasteiger partial charge on any atom is 0.223 e. The summed E-state index contributed by atoms with van der Waals surface area (Å²) >= 11 is 0. The van der Waals surface area contributed by atoms with Crippen LogP contribution in [-0.4, -0.2) is 79.0 Å². The van der Waals surface area contributed by atoms with Gasteiger partial charge in [-0.3, -0.25) is 4.79 Å². The van der Waals surface area contributed by atoms with E-state index in [1.807, 2.05) is 23.1 Å². The molecule has 5 nitrogen and oxygen atoms in total. The second-order valence-electron chi connectivity index (χ2n) is 7.01. The lowest BCUT2D eigenvalue weighted by molar-refractivity contribution is -0.130. The summed E-state index contributed by atoms with van der Waals surface area (Å²) in [6.45, 7) is 10.0. The maximum absolute atomic E-state index is 12.6. The number of rotatable bonds is 5. The topological polar surface area (TPSA) is 52.8 Å². The summed E-state index contributed by atoms with van der Waals surface area (Å²) < 4.78 is 0. The Morgan fingerprint density at radius 2 is 1.75 bits per heavy atom. The summed E-state index contributed by atoms with van der Waals surface area (Å²) in [5.41, 5.74) is 7.55. The Bertz CT molecular complexity index is 527. The smallest absolute Gasteiger partial charge is 0.223 e. The van der Waals surface area contributed by atoms with Gasteiger partial charge in [0.2, 0.25) is 5.91 Å². The summed E-state index contributed by atoms with van der Waals surface area (Å²) in [5, 5.41) is 0. The third-order valence-corrected chi connectivity index (χ3v) is 5.50. The first-order valence-electron chi connectivity index (χ1n) is 9.20. The first-order chi connectivity index (χ1) is 11.7. The van der Waals surface area contributed by atoms with Crippen LogP contribution in [0.1, 0.15) is 24.8 Å². The van der Waals surface area contributed by atoms with Crippen LogP contribution in [0.5, 0.6) is 0 Å². The maximum atomic E-state index is 12.6. The molecule has 2 aliphatic heterocycles. The predicted molar refractivity (Wildman–Crippen MR) is 96.9 cm³/mol. The van der Waals surface area contributed by atoms with E-state index in [1.54, 1.807) is 0 Å². The minimum Gasteiger partial charge on any atom is -0.340 e. The zero-order valence-corrected chi connectivity index (χ0v) is 14.7. The van der Waals surface area contributed by atoms with E-state index in [0.29, 0.717) is 13.0 Å².